The highest BCUT2D eigenvalue weighted by Crippen LogP contribution is 2.21. The van der Waals surface area contributed by atoms with E-state index in [0.29, 0.717) is 48.8 Å². The third-order valence-corrected chi connectivity index (χ3v) is 4.82. The van der Waals surface area contributed by atoms with E-state index in [2.05, 4.69) is 30.8 Å². The zero-order valence-corrected chi connectivity index (χ0v) is 17.7. The van der Waals surface area contributed by atoms with E-state index in [-0.39, 0.29) is 11.7 Å². The molecule has 9 nitrogen and oxygen atoms in total. The predicted octanol–water partition coefficient (Wildman–Crippen LogP) is 3.57. The Bertz CT molecular complexity index is 1070. The highest BCUT2D eigenvalue weighted by atomic mass is 35.5. The molecule has 0 bridgehead atoms. The quantitative estimate of drug-likeness (QED) is 0.395. The van der Waals surface area contributed by atoms with E-state index >= 15 is 0 Å². The number of anilines is 4. The van der Waals surface area contributed by atoms with E-state index in [1.54, 1.807) is 12.1 Å². The van der Waals surface area contributed by atoms with Gasteiger partial charge in [-0.1, -0.05) is 29.3 Å². The monoisotopic (exact) mass is 439 g/mol. The van der Waals surface area contributed by atoms with Gasteiger partial charge in [0, 0.05) is 29.4 Å². The van der Waals surface area contributed by atoms with Crippen molar-refractivity contribution in [2.45, 2.75) is 6.92 Å². The Morgan fingerprint density at radius 1 is 1.06 bits per heavy atom. The molecular formula is C21H22ClN7O2. The fourth-order valence-corrected chi connectivity index (χ4v) is 3.11. The first-order chi connectivity index (χ1) is 15.1. The maximum Gasteiger partial charge on any atom is 0.250 e. The van der Waals surface area contributed by atoms with Crippen LogP contribution in [-0.4, -0.2) is 52.6 Å². The molecule has 0 atom stereocenters. The van der Waals surface area contributed by atoms with Gasteiger partial charge >= 0.3 is 0 Å². The van der Waals surface area contributed by atoms with E-state index in [1.165, 1.54) is 12.3 Å². The van der Waals surface area contributed by atoms with Gasteiger partial charge in [-0.25, -0.2) is 5.43 Å². The number of aromatic nitrogens is 3. The van der Waals surface area contributed by atoms with Crippen LogP contribution in [-0.2, 0) is 4.74 Å². The fourth-order valence-electron chi connectivity index (χ4n) is 2.93. The van der Waals surface area contributed by atoms with Crippen molar-refractivity contribution in [1.82, 2.24) is 15.0 Å². The number of benzene rings is 2. The zero-order valence-electron chi connectivity index (χ0n) is 16.9. The molecular weight excluding hydrogens is 418 g/mol. The van der Waals surface area contributed by atoms with Gasteiger partial charge in [-0.05, 0) is 37.3 Å². The summed E-state index contributed by atoms with van der Waals surface area (Å²) in [5.74, 6) is 1.25. The van der Waals surface area contributed by atoms with Gasteiger partial charge < -0.3 is 20.1 Å². The summed E-state index contributed by atoms with van der Waals surface area (Å²) in [7, 11) is 0. The van der Waals surface area contributed by atoms with Gasteiger partial charge in [0.15, 0.2) is 0 Å². The molecule has 31 heavy (non-hydrogen) atoms. The van der Waals surface area contributed by atoms with Crippen molar-refractivity contribution in [3.63, 3.8) is 0 Å². The second-order valence-corrected chi connectivity index (χ2v) is 7.38. The lowest BCUT2D eigenvalue weighted by molar-refractivity contribution is 0.122. The van der Waals surface area contributed by atoms with Crippen molar-refractivity contribution < 1.29 is 9.84 Å². The number of nitrogens with zero attached hydrogens (tertiary/aromatic N) is 5. The first-order valence-electron chi connectivity index (χ1n) is 9.77. The van der Waals surface area contributed by atoms with Crippen LogP contribution < -0.4 is 15.6 Å². The summed E-state index contributed by atoms with van der Waals surface area (Å²) in [6, 6.07) is 12.7. The molecule has 1 aliphatic rings. The smallest absolute Gasteiger partial charge is 0.250 e. The molecule has 2 heterocycles. The minimum atomic E-state index is 0.0707. The fraction of sp³-hybridized carbons (Fsp3) is 0.238. The number of hydrazone groups is 1. The first-order valence-corrected chi connectivity index (χ1v) is 10.1. The Morgan fingerprint density at radius 3 is 2.58 bits per heavy atom. The maximum atomic E-state index is 9.93. The third-order valence-electron chi connectivity index (χ3n) is 4.58. The maximum absolute atomic E-state index is 9.93. The Kier molecular flexibility index (Phi) is 6.44. The summed E-state index contributed by atoms with van der Waals surface area (Å²) in [6.07, 6.45) is 1.45. The number of phenolic OH excluding ortho intramolecular Hbond substituents is 1. The normalized spacial score (nSPS) is 14.1. The lowest BCUT2D eigenvalue weighted by Crippen LogP contribution is -2.37. The lowest BCUT2D eigenvalue weighted by atomic mass is 10.2. The van der Waals surface area contributed by atoms with Crippen molar-refractivity contribution >= 4 is 41.3 Å². The number of aryl methyl sites for hydroxylation is 1. The largest absolute Gasteiger partial charge is 0.507 e. The molecule has 0 unspecified atom stereocenters. The zero-order chi connectivity index (χ0) is 21.6. The molecule has 1 aliphatic heterocycles. The molecule has 0 aliphatic carbocycles. The van der Waals surface area contributed by atoms with E-state index in [0.717, 1.165) is 11.3 Å². The summed E-state index contributed by atoms with van der Waals surface area (Å²) < 4.78 is 5.42. The SMILES string of the molecule is Cc1ccc(Nc2nc(NN=Cc3cc(Cl)ccc3O)nc(N3CCOCC3)n2)cc1. The average Bonchev–Trinajstić information content (AvgIpc) is 2.78. The van der Waals surface area contributed by atoms with Crippen LogP contribution in [0.5, 0.6) is 5.75 Å². The van der Waals surface area contributed by atoms with Crippen molar-refractivity contribution in [2.75, 3.05) is 41.9 Å². The topological polar surface area (TPSA) is 108 Å². The Morgan fingerprint density at radius 2 is 1.81 bits per heavy atom. The van der Waals surface area contributed by atoms with Crippen molar-refractivity contribution in [3.05, 3.63) is 58.6 Å². The third kappa shape index (κ3) is 5.59. The summed E-state index contributed by atoms with van der Waals surface area (Å²) in [4.78, 5) is 15.5. The van der Waals surface area contributed by atoms with Crippen LogP contribution in [0.2, 0.25) is 5.02 Å². The van der Waals surface area contributed by atoms with Gasteiger partial charge in [-0.2, -0.15) is 20.1 Å². The molecule has 0 spiro atoms. The van der Waals surface area contributed by atoms with Crippen LogP contribution >= 0.6 is 11.6 Å². The minimum Gasteiger partial charge on any atom is -0.507 e. The number of halogens is 1. The molecule has 160 valence electrons. The van der Waals surface area contributed by atoms with Gasteiger partial charge in [-0.15, -0.1) is 0 Å². The van der Waals surface area contributed by atoms with E-state index in [4.69, 9.17) is 16.3 Å². The Labute approximate surface area is 184 Å². The first kappa shape index (κ1) is 20.8. The molecule has 2 aromatic carbocycles. The van der Waals surface area contributed by atoms with Crippen LogP contribution in [0, 0.1) is 6.92 Å². The number of rotatable bonds is 6. The number of hydrogen-bond donors (Lipinski definition) is 3. The van der Waals surface area contributed by atoms with E-state index in [1.807, 2.05) is 36.1 Å². The standard InChI is InChI=1S/C21H22ClN7O2/c1-14-2-5-17(6-3-14)24-19-25-20(27-21(26-19)29-8-10-31-11-9-29)28-23-13-15-12-16(22)4-7-18(15)30/h2-7,12-13,30H,8-11H2,1H3,(H2,24,25,26,27,28). The molecule has 1 aromatic heterocycles. The second-order valence-electron chi connectivity index (χ2n) is 6.95. The van der Waals surface area contributed by atoms with Crippen molar-refractivity contribution in [1.29, 1.82) is 0 Å². The molecule has 3 N–H and O–H groups in total. The summed E-state index contributed by atoms with van der Waals surface area (Å²) >= 11 is 5.98. The highest BCUT2D eigenvalue weighted by Gasteiger charge is 2.16. The molecule has 1 saturated heterocycles. The Hall–Kier alpha value is -3.43. The van der Waals surface area contributed by atoms with Crippen LogP contribution in [0.15, 0.2) is 47.6 Å². The minimum absolute atomic E-state index is 0.0707. The number of ether oxygens (including phenoxy) is 1. The number of morpholine rings is 1. The highest BCUT2D eigenvalue weighted by molar-refractivity contribution is 6.30. The van der Waals surface area contributed by atoms with Gasteiger partial charge in [-0.3, -0.25) is 0 Å². The van der Waals surface area contributed by atoms with E-state index < -0.39 is 0 Å². The van der Waals surface area contributed by atoms with Gasteiger partial charge in [0.2, 0.25) is 17.8 Å². The molecule has 0 amide bonds. The average molecular weight is 440 g/mol. The number of hydrogen-bond acceptors (Lipinski definition) is 9. The van der Waals surface area contributed by atoms with Crippen LogP contribution in [0.3, 0.4) is 0 Å². The van der Waals surface area contributed by atoms with Crippen LogP contribution in [0.1, 0.15) is 11.1 Å². The van der Waals surface area contributed by atoms with Crippen molar-refractivity contribution in [2.24, 2.45) is 5.10 Å². The lowest BCUT2D eigenvalue weighted by Gasteiger charge is -2.27. The summed E-state index contributed by atoms with van der Waals surface area (Å²) in [5.41, 5.74) is 5.31. The Balaban J connectivity index is 1.58. The summed E-state index contributed by atoms with van der Waals surface area (Å²) in [6.45, 7) is 4.63. The predicted molar refractivity (Wildman–Crippen MR) is 122 cm³/mol. The number of nitrogens with one attached hydrogen (secondary N) is 2. The second kappa shape index (κ2) is 9.59. The summed E-state index contributed by atoms with van der Waals surface area (Å²) in [5, 5.41) is 17.8. The van der Waals surface area contributed by atoms with Crippen molar-refractivity contribution in [3.8, 4) is 5.75 Å². The molecule has 0 radical (unpaired) electrons. The number of phenols is 1. The van der Waals surface area contributed by atoms with Crippen LogP contribution in [0.25, 0.3) is 0 Å². The van der Waals surface area contributed by atoms with Gasteiger partial charge in [0.05, 0.1) is 19.4 Å². The molecule has 10 heteroatoms. The van der Waals surface area contributed by atoms with Gasteiger partial charge in [0.1, 0.15) is 5.75 Å². The molecule has 3 aromatic rings. The number of aromatic hydroxyl groups is 1. The van der Waals surface area contributed by atoms with Crippen LogP contribution in [0.4, 0.5) is 23.5 Å². The molecule has 0 saturated carbocycles. The van der Waals surface area contributed by atoms with E-state index in [9.17, 15) is 5.11 Å². The molecule has 4 rings (SSSR count). The molecule has 1 fully saturated rings. The van der Waals surface area contributed by atoms with Gasteiger partial charge in [0.25, 0.3) is 0 Å².